The van der Waals surface area contributed by atoms with Gasteiger partial charge in [0.25, 0.3) is 0 Å². The lowest BCUT2D eigenvalue weighted by Gasteiger charge is -2.16. The molecule has 0 aliphatic carbocycles. The largest absolute Gasteiger partial charge is 0.303 e. The summed E-state index contributed by atoms with van der Waals surface area (Å²) in [6, 6.07) is 0.466. The van der Waals surface area contributed by atoms with Gasteiger partial charge in [0.05, 0.1) is 17.4 Å². The Hall–Kier alpha value is -0.940. The van der Waals surface area contributed by atoms with Crippen LogP contribution in [0.3, 0.4) is 0 Å². The highest BCUT2D eigenvalue weighted by atomic mass is 79.9. The van der Waals surface area contributed by atoms with Crippen molar-refractivity contribution in [1.29, 1.82) is 0 Å². The van der Waals surface area contributed by atoms with E-state index in [4.69, 9.17) is 4.98 Å². The monoisotopic (exact) mass is 294 g/mol. The molecule has 5 heteroatoms. The summed E-state index contributed by atoms with van der Waals surface area (Å²) in [5.74, 6) is 0. The van der Waals surface area contributed by atoms with E-state index in [1.54, 1.807) is 0 Å². The van der Waals surface area contributed by atoms with Gasteiger partial charge in [-0.2, -0.15) is 0 Å². The van der Waals surface area contributed by atoms with Gasteiger partial charge in [0.15, 0.2) is 5.65 Å². The Morgan fingerprint density at radius 2 is 2.18 bits per heavy atom. The van der Waals surface area contributed by atoms with Crippen LogP contribution in [-0.2, 0) is 0 Å². The van der Waals surface area contributed by atoms with Gasteiger partial charge in [-0.15, -0.1) is 0 Å². The van der Waals surface area contributed by atoms with Gasteiger partial charge in [-0.1, -0.05) is 0 Å². The van der Waals surface area contributed by atoms with Crippen molar-refractivity contribution < 1.29 is 0 Å². The third-order valence-corrected chi connectivity index (χ3v) is 3.84. The van der Waals surface area contributed by atoms with Crippen molar-refractivity contribution in [2.45, 2.75) is 25.8 Å². The summed E-state index contributed by atoms with van der Waals surface area (Å²) < 4.78 is 2.92. The van der Waals surface area contributed by atoms with Crippen LogP contribution in [0.15, 0.2) is 17.0 Å². The second kappa shape index (κ2) is 4.07. The van der Waals surface area contributed by atoms with E-state index in [9.17, 15) is 0 Å². The molecule has 1 saturated heterocycles. The van der Waals surface area contributed by atoms with Gasteiger partial charge in [-0.25, -0.2) is 9.97 Å². The number of rotatable bonds is 1. The fraction of sp³-hybridized carbons (Fsp3) is 0.500. The van der Waals surface area contributed by atoms with Gasteiger partial charge in [-0.05, 0) is 49.3 Å². The summed E-state index contributed by atoms with van der Waals surface area (Å²) >= 11 is 3.42. The molecule has 1 aliphatic heterocycles. The van der Waals surface area contributed by atoms with Gasteiger partial charge < -0.3 is 4.40 Å². The van der Waals surface area contributed by atoms with Crippen LogP contribution < -0.4 is 0 Å². The first-order valence-corrected chi connectivity index (χ1v) is 6.66. The van der Waals surface area contributed by atoms with Crippen LogP contribution in [0.1, 0.15) is 30.3 Å². The van der Waals surface area contributed by atoms with Gasteiger partial charge >= 0.3 is 0 Å². The fourth-order valence-corrected chi connectivity index (χ4v) is 3.06. The minimum atomic E-state index is 0.466. The molecule has 0 amide bonds. The smallest absolute Gasteiger partial charge is 0.158 e. The van der Waals surface area contributed by atoms with Crippen LogP contribution in [-0.4, -0.2) is 32.9 Å². The molecule has 2 aromatic rings. The first-order valence-electron chi connectivity index (χ1n) is 5.87. The molecule has 0 aromatic carbocycles. The highest BCUT2D eigenvalue weighted by molar-refractivity contribution is 9.10. The summed E-state index contributed by atoms with van der Waals surface area (Å²) in [6.45, 7) is 3.16. The number of hydrogen-bond donors (Lipinski definition) is 0. The SMILES string of the molecule is Cc1nc(Br)cn2cc([C@H]3CCCN3C)nc12. The van der Waals surface area contributed by atoms with Gasteiger partial charge in [0, 0.05) is 12.4 Å². The van der Waals surface area contributed by atoms with Crippen molar-refractivity contribution in [3.63, 3.8) is 0 Å². The molecular weight excluding hydrogens is 280 g/mol. The van der Waals surface area contributed by atoms with Crippen molar-refractivity contribution in [2.24, 2.45) is 0 Å². The van der Waals surface area contributed by atoms with Crippen LogP contribution in [0.2, 0.25) is 0 Å². The van der Waals surface area contributed by atoms with Gasteiger partial charge in [0.1, 0.15) is 4.60 Å². The molecule has 0 unspecified atom stereocenters. The average Bonchev–Trinajstić information content (AvgIpc) is 2.83. The van der Waals surface area contributed by atoms with Crippen LogP contribution in [0, 0.1) is 6.92 Å². The number of likely N-dealkylation sites (tertiary alicyclic amines) is 1. The molecule has 2 aromatic heterocycles. The van der Waals surface area contributed by atoms with E-state index < -0.39 is 0 Å². The van der Waals surface area contributed by atoms with Crippen molar-refractivity contribution in [1.82, 2.24) is 19.3 Å². The number of imidazole rings is 1. The molecule has 17 heavy (non-hydrogen) atoms. The zero-order valence-corrected chi connectivity index (χ0v) is 11.6. The van der Waals surface area contributed by atoms with Crippen LogP contribution in [0.4, 0.5) is 0 Å². The Morgan fingerprint density at radius 1 is 1.35 bits per heavy atom. The second-order valence-electron chi connectivity index (χ2n) is 4.68. The van der Waals surface area contributed by atoms with Crippen LogP contribution >= 0.6 is 15.9 Å². The van der Waals surface area contributed by atoms with E-state index in [2.05, 4.69) is 43.5 Å². The maximum absolute atomic E-state index is 4.72. The summed E-state index contributed by atoms with van der Waals surface area (Å²) in [7, 11) is 2.17. The number of aromatic nitrogens is 3. The molecule has 3 heterocycles. The summed E-state index contributed by atoms with van der Waals surface area (Å²) in [5.41, 5.74) is 3.09. The average molecular weight is 295 g/mol. The summed E-state index contributed by atoms with van der Waals surface area (Å²) in [5, 5.41) is 0. The van der Waals surface area contributed by atoms with Crippen molar-refractivity contribution in [2.75, 3.05) is 13.6 Å². The maximum Gasteiger partial charge on any atom is 0.158 e. The van der Waals surface area contributed by atoms with E-state index in [-0.39, 0.29) is 0 Å². The minimum Gasteiger partial charge on any atom is -0.303 e. The lowest BCUT2D eigenvalue weighted by atomic mass is 10.2. The molecule has 0 spiro atoms. The Balaban J connectivity index is 2.10. The van der Waals surface area contributed by atoms with Crippen LogP contribution in [0.5, 0.6) is 0 Å². The summed E-state index contributed by atoms with van der Waals surface area (Å²) in [4.78, 5) is 11.5. The standard InChI is InChI=1S/C12H15BrN4/c1-8-12-15-9(10-4-3-5-16(10)2)6-17(12)7-11(13)14-8/h6-7,10H,3-5H2,1-2H3/t10-/m1/s1. The molecule has 0 bridgehead atoms. The highest BCUT2D eigenvalue weighted by Crippen LogP contribution is 2.30. The van der Waals surface area contributed by atoms with E-state index in [1.807, 2.05) is 13.1 Å². The van der Waals surface area contributed by atoms with E-state index >= 15 is 0 Å². The molecule has 0 N–H and O–H groups in total. The number of nitrogens with zero attached hydrogens (tertiary/aromatic N) is 4. The topological polar surface area (TPSA) is 33.4 Å². The number of fused-ring (bicyclic) bond motifs is 1. The fourth-order valence-electron chi connectivity index (χ4n) is 2.58. The Kier molecular flexibility index (Phi) is 2.67. The number of aryl methyl sites for hydroxylation is 1. The van der Waals surface area contributed by atoms with Crippen molar-refractivity contribution in [3.8, 4) is 0 Å². The van der Waals surface area contributed by atoms with Gasteiger partial charge in [0.2, 0.25) is 0 Å². The third-order valence-electron chi connectivity index (χ3n) is 3.46. The first-order chi connectivity index (χ1) is 8.15. The van der Waals surface area contributed by atoms with Crippen LogP contribution in [0.25, 0.3) is 5.65 Å². The predicted molar refractivity (Wildman–Crippen MR) is 70.0 cm³/mol. The number of hydrogen-bond acceptors (Lipinski definition) is 3. The van der Waals surface area contributed by atoms with E-state index in [0.29, 0.717) is 6.04 Å². The molecule has 0 radical (unpaired) electrons. The highest BCUT2D eigenvalue weighted by Gasteiger charge is 2.25. The van der Waals surface area contributed by atoms with E-state index in [0.717, 1.165) is 21.6 Å². The molecule has 1 fully saturated rings. The molecule has 0 saturated carbocycles. The molecule has 1 atom stereocenters. The Morgan fingerprint density at radius 3 is 2.88 bits per heavy atom. The third kappa shape index (κ3) is 1.87. The molecule has 4 nitrogen and oxygen atoms in total. The maximum atomic E-state index is 4.72. The lowest BCUT2D eigenvalue weighted by molar-refractivity contribution is 0.313. The molecular formula is C12H15BrN4. The molecule has 90 valence electrons. The Labute approximate surface area is 109 Å². The van der Waals surface area contributed by atoms with Gasteiger partial charge in [-0.3, -0.25) is 4.90 Å². The molecule has 3 rings (SSSR count). The zero-order valence-electron chi connectivity index (χ0n) is 10.0. The Bertz CT molecular complexity index is 563. The quantitative estimate of drug-likeness (QED) is 0.810. The summed E-state index contributed by atoms with van der Waals surface area (Å²) in [6.07, 6.45) is 6.55. The number of halogens is 1. The van der Waals surface area contributed by atoms with Crippen molar-refractivity contribution in [3.05, 3.63) is 28.4 Å². The minimum absolute atomic E-state index is 0.466. The van der Waals surface area contributed by atoms with E-state index in [1.165, 1.54) is 19.4 Å². The first kappa shape index (κ1) is 11.2. The normalized spacial score (nSPS) is 21.5. The molecule has 1 aliphatic rings. The zero-order chi connectivity index (χ0) is 12.0. The lowest BCUT2D eigenvalue weighted by Crippen LogP contribution is -2.17. The van der Waals surface area contributed by atoms with Crippen molar-refractivity contribution >= 4 is 21.6 Å². The second-order valence-corrected chi connectivity index (χ2v) is 5.50. The predicted octanol–water partition coefficient (Wildman–Crippen LogP) is 2.57.